The molecule has 0 atom stereocenters. The minimum atomic E-state index is -1.00. The van der Waals surface area contributed by atoms with Crippen LogP contribution in [0.5, 0.6) is 0 Å². The monoisotopic (exact) mass is 483 g/mol. The molecule has 1 N–H and O–H groups in total. The lowest BCUT2D eigenvalue weighted by Gasteiger charge is -2.20. The maximum absolute atomic E-state index is 13.8. The molecule has 8 nitrogen and oxygen atoms in total. The van der Waals surface area contributed by atoms with Gasteiger partial charge in [0.25, 0.3) is 11.6 Å². The number of rotatable bonds is 6. The molecule has 2 aromatic rings. The number of nitro benzene ring substituents is 1. The lowest BCUT2D eigenvalue weighted by atomic mass is 10.1. The molecule has 1 fully saturated rings. The van der Waals surface area contributed by atoms with E-state index in [1.165, 1.54) is 12.1 Å². The van der Waals surface area contributed by atoms with Gasteiger partial charge in [0.15, 0.2) is 12.4 Å². The Balaban J connectivity index is 1.73. The Bertz CT molecular complexity index is 989. The molecule has 3 rings (SSSR count). The highest BCUT2D eigenvalue weighted by molar-refractivity contribution is 9.10. The molecular formula is C19H16BrF2N3O5. The average molecular weight is 484 g/mol. The molecule has 30 heavy (non-hydrogen) atoms. The van der Waals surface area contributed by atoms with Gasteiger partial charge in [0, 0.05) is 35.8 Å². The van der Waals surface area contributed by atoms with Crippen LogP contribution in [0.1, 0.15) is 23.2 Å². The first kappa shape index (κ1) is 21.6. The van der Waals surface area contributed by atoms with Gasteiger partial charge in [-0.2, -0.15) is 0 Å². The van der Waals surface area contributed by atoms with Gasteiger partial charge in [0.1, 0.15) is 5.82 Å². The minimum absolute atomic E-state index is 0.0188. The van der Waals surface area contributed by atoms with Crippen molar-refractivity contribution in [3.05, 3.63) is 62.1 Å². The summed E-state index contributed by atoms with van der Waals surface area (Å²) in [5.74, 6) is -3.61. The number of hydrogen-bond donors (Lipinski definition) is 1. The summed E-state index contributed by atoms with van der Waals surface area (Å²) in [5, 5.41) is 13.3. The first-order valence-electron chi connectivity index (χ1n) is 8.91. The molecule has 11 heteroatoms. The number of esters is 1. The lowest BCUT2D eigenvalue weighted by Crippen LogP contribution is -2.24. The van der Waals surface area contributed by atoms with E-state index in [1.54, 1.807) is 0 Å². The number of amides is 1. The Kier molecular flexibility index (Phi) is 6.60. The molecule has 0 unspecified atom stereocenters. The number of non-ortho nitro benzene ring substituents is 1. The van der Waals surface area contributed by atoms with Crippen LogP contribution in [0, 0.1) is 21.7 Å². The molecule has 1 aliphatic heterocycles. The fourth-order valence-electron chi connectivity index (χ4n) is 3.08. The Labute approximate surface area is 178 Å². The van der Waals surface area contributed by atoms with Crippen LogP contribution in [0.2, 0.25) is 0 Å². The van der Waals surface area contributed by atoms with Crippen molar-refractivity contribution in [3.63, 3.8) is 0 Å². The number of nitro groups is 1. The quantitative estimate of drug-likeness (QED) is 0.378. The van der Waals surface area contributed by atoms with Gasteiger partial charge in [-0.25, -0.2) is 13.6 Å². The highest BCUT2D eigenvalue weighted by Crippen LogP contribution is 2.29. The van der Waals surface area contributed by atoms with Crippen LogP contribution in [-0.2, 0) is 9.53 Å². The molecule has 0 radical (unpaired) electrons. The molecule has 0 saturated carbocycles. The zero-order valence-corrected chi connectivity index (χ0v) is 17.1. The average Bonchev–Trinajstić information content (AvgIpc) is 3.23. The van der Waals surface area contributed by atoms with Crippen molar-refractivity contribution < 1.29 is 28.0 Å². The first-order valence-corrected chi connectivity index (χ1v) is 9.70. The number of anilines is 2. The SMILES string of the molecule is O=C(COC(=O)c1cc([N+](=O)[O-])ccc1N1CCCC1)Nc1c(F)cc(F)cc1Br. The number of nitrogens with one attached hydrogen (secondary N) is 1. The summed E-state index contributed by atoms with van der Waals surface area (Å²) >= 11 is 2.94. The van der Waals surface area contributed by atoms with E-state index in [9.17, 15) is 28.5 Å². The summed E-state index contributed by atoms with van der Waals surface area (Å²) in [4.78, 5) is 37.0. The lowest BCUT2D eigenvalue weighted by molar-refractivity contribution is -0.384. The molecular weight excluding hydrogens is 468 g/mol. The molecule has 1 saturated heterocycles. The fourth-order valence-corrected chi connectivity index (χ4v) is 3.59. The molecule has 0 aliphatic carbocycles. The third-order valence-electron chi connectivity index (χ3n) is 4.46. The number of carbonyl (C=O) groups excluding carboxylic acids is 2. The third-order valence-corrected chi connectivity index (χ3v) is 5.09. The van der Waals surface area contributed by atoms with E-state index in [0.717, 1.165) is 25.0 Å². The highest BCUT2D eigenvalue weighted by Gasteiger charge is 2.24. The third kappa shape index (κ3) is 4.90. The van der Waals surface area contributed by atoms with Crippen molar-refractivity contribution in [2.24, 2.45) is 0 Å². The Morgan fingerprint density at radius 1 is 1.20 bits per heavy atom. The van der Waals surface area contributed by atoms with Gasteiger partial charge in [-0.15, -0.1) is 0 Å². The van der Waals surface area contributed by atoms with Gasteiger partial charge in [-0.05, 0) is 40.9 Å². The van der Waals surface area contributed by atoms with Crippen LogP contribution in [-0.4, -0.2) is 36.5 Å². The van der Waals surface area contributed by atoms with E-state index in [4.69, 9.17) is 4.74 Å². The summed E-state index contributed by atoms with van der Waals surface area (Å²) in [6.07, 6.45) is 1.85. The number of benzene rings is 2. The van der Waals surface area contributed by atoms with E-state index in [0.29, 0.717) is 24.8 Å². The van der Waals surface area contributed by atoms with Gasteiger partial charge in [0.2, 0.25) is 0 Å². The van der Waals surface area contributed by atoms with Crippen molar-refractivity contribution >= 4 is 44.9 Å². The van der Waals surface area contributed by atoms with Gasteiger partial charge in [-0.3, -0.25) is 14.9 Å². The van der Waals surface area contributed by atoms with Crippen LogP contribution in [0.15, 0.2) is 34.8 Å². The van der Waals surface area contributed by atoms with Crippen molar-refractivity contribution in [1.82, 2.24) is 0 Å². The second-order valence-corrected chi connectivity index (χ2v) is 7.38. The summed E-state index contributed by atoms with van der Waals surface area (Å²) in [6, 6.07) is 5.44. The molecule has 0 spiro atoms. The van der Waals surface area contributed by atoms with E-state index in [2.05, 4.69) is 21.2 Å². The fraction of sp³-hybridized carbons (Fsp3) is 0.263. The van der Waals surface area contributed by atoms with Crippen LogP contribution in [0.3, 0.4) is 0 Å². The van der Waals surface area contributed by atoms with Crippen molar-refractivity contribution in [1.29, 1.82) is 0 Å². The summed E-state index contributed by atoms with van der Waals surface area (Å²) < 4.78 is 31.9. The summed E-state index contributed by atoms with van der Waals surface area (Å²) in [6.45, 7) is 0.622. The smallest absolute Gasteiger partial charge is 0.341 e. The van der Waals surface area contributed by atoms with E-state index in [-0.39, 0.29) is 21.4 Å². The second-order valence-electron chi connectivity index (χ2n) is 6.52. The van der Waals surface area contributed by atoms with Crippen LogP contribution >= 0.6 is 15.9 Å². The predicted molar refractivity (Wildman–Crippen MR) is 108 cm³/mol. The maximum atomic E-state index is 13.8. The van der Waals surface area contributed by atoms with Crippen molar-refractivity contribution in [2.75, 3.05) is 29.9 Å². The van der Waals surface area contributed by atoms with Gasteiger partial charge < -0.3 is 15.0 Å². The van der Waals surface area contributed by atoms with E-state index < -0.39 is 35.0 Å². The van der Waals surface area contributed by atoms with Crippen LogP contribution in [0.4, 0.5) is 25.8 Å². The molecule has 0 bridgehead atoms. The largest absolute Gasteiger partial charge is 0.452 e. The van der Waals surface area contributed by atoms with Crippen molar-refractivity contribution in [3.8, 4) is 0 Å². The predicted octanol–water partition coefficient (Wildman–Crippen LogP) is 4.03. The molecule has 1 heterocycles. The minimum Gasteiger partial charge on any atom is -0.452 e. The Morgan fingerprint density at radius 2 is 1.90 bits per heavy atom. The molecule has 158 valence electrons. The topological polar surface area (TPSA) is 102 Å². The zero-order chi connectivity index (χ0) is 21.8. The number of hydrogen-bond acceptors (Lipinski definition) is 6. The van der Waals surface area contributed by atoms with Gasteiger partial charge >= 0.3 is 5.97 Å². The van der Waals surface area contributed by atoms with E-state index >= 15 is 0 Å². The van der Waals surface area contributed by atoms with Crippen LogP contribution in [0.25, 0.3) is 0 Å². The number of nitrogens with zero attached hydrogens (tertiary/aromatic N) is 2. The summed E-state index contributed by atoms with van der Waals surface area (Å²) in [7, 11) is 0. The van der Waals surface area contributed by atoms with Crippen LogP contribution < -0.4 is 10.2 Å². The zero-order valence-electron chi connectivity index (χ0n) is 15.5. The Hall–Kier alpha value is -3.08. The van der Waals surface area contributed by atoms with Gasteiger partial charge in [-0.1, -0.05) is 0 Å². The molecule has 1 amide bonds. The second kappa shape index (κ2) is 9.16. The van der Waals surface area contributed by atoms with Crippen molar-refractivity contribution in [2.45, 2.75) is 12.8 Å². The normalized spacial score (nSPS) is 13.2. The molecule has 0 aromatic heterocycles. The Morgan fingerprint density at radius 3 is 2.53 bits per heavy atom. The number of halogens is 3. The number of ether oxygens (including phenoxy) is 1. The highest BCUT2D eigenvalue weighted by atomic mass is 79.9. The number of carbonyl (C=O) groups is 2. The van der Waals surface area contributed by atoms with E-state index in [1.807, 2.05) is 4.90 Å². The maximum Gasteiger partial charge on any atom is 0.341 e. The standard InChI is InChI=1S/C19H16BrF2N3O5/c20-14-7-11(21)8-15(22)18(14)23-17(26)10-30-19(27)13-9-12(25(28)29)3-4-16(13)24-5-1-2-6-24/h3-4,7-9H,1-2,5-6,10H2,(H,23,26). The summed E-state index contributed by atoms with van der Waals surface area (Å²) in [5.41, 5.74) is -0.138. The molecule has 1 aliphatic rings. The van der Waals surface area contributed by atoms with Gasteiger partial charge in [0.05, 0.1) is 21.9 Å². The molecule has 2 aromatic carbocycles. The first-order chi connectivity index (χ1) is 14.3.